The lowest BCUT2D eigenvalue weighted by Gasteiger charge is -2.34. The molecular weight excluding hydrogens is 364 g/mol. The van der Waals surface area contributed by atoms with E-state index in [1.165, 1.54) is 10.5 Å². The fourth-order valence-electron chi connectivity index (χ4n) is 3.28. The van der Waals surface area contributed by atoms with E-state index in [1.807, 2.05) is 31.2 Å². The van der Waals surface area contributed by atoms with E-state index in [9.17, 15) is 18.0 Å². The summed E-state index contributed by atoms with van der Waals surface area (Å²) >= 11 is 0. The molecule has 1 aromatic rings. The van der Waals surface area contributed by atoms with Gasteiger partial charge in [-0.3, -0.25) is 9.59 Å². The van der Waals surface area contributed by atoms with Crippen molar-refractivity contribution in [3.8, 4) is 0 Å². The Morgan fingerprint density at radius 1 is 1.22 bits per heavy atom. The molecule has 1 aliphatic heterocycles. The predicted molar refractivity (Wildman–Crippen MR) is 107 cm³/mol. The number of carbonyl (C=O) groups is 2. The van der Waals surface area contributed by atoms with Crippen LogP contribution in [0.15, 0.2) is 24.3 Å². The summed E-state index contributed by atoms with van der Waals surface area (Å²) in [7, 11) is -3.10. The zero-order valence-electron chi connectivity index (χ0n) is 16.8. The van der Waals surface area contributed by atoms with Crippen molar-refractivity contribution in [2.45, 2.75) is 53.0 Å². The van der Waals surface area contributed by atoms with E-state index >= 15 is 0 Å². The molecule has 1 atom stereocenters. The predicted octanol–water partition coefficient (Wildman–Crippen LogP) is 2.81. The molecule has 2 amide bonds. The minimum absolute atomic E-state index is 0.0268. The van der Waals surface area contributed by atoms with Crippen molar-refractivity contribution in [2.75, 3.05) is 23.4 Å². The summed E-state index contributed by atoms with van der Waals surface area (Å²) < 4.78 is 23.5. The Balaban J connectivity index is 2.12. The second-order valence-corrected chi connectivity index (χ2v) is 10.2. The highest BCUT2D eigenvalue weighted by atomic mass is 32.2. The van der Waals surface area contributed by atoms with Crippen LogP contribution in [0.2, 0.25) is 0 Å². The molecular formula is C20H30N2O4S. The highest BCUT2D eigenvalue weighted by Crippen LogP contribution is 2.27. The fourth-order valence-corrected chi connectivity index (χ4v) is 5.01. The zero-order valence-corrected chi connectivity index (χ0v) is 17.6. The molecule has 0 saturated carbocycles. The van der Waals surface area contributed by atoms with Gasteiger partial charge in [-0.1, -0.05) is 26.0 Å². The Hall–Kier alpha value is -1.89. The highest BCUT2D eigenvalue weighted by molar-refractivity contribution is 7.91. The van der Waals surface area contributed by atoms with Crippen LogP contribution in [0.4, 0.5) is 5.69 Å². The minimum Gasteiger partial charge on any atom is -0.338 e. The third kappa shape index (κ3) is 4.89. The molecule has 6 nitrogen and oxygen atoms in total. The lowest BCUT2D eigenvalue weighted by Crippen LogP contribution is -2.51. The van der Waals surface area contributed by atoms with Crippen molar-refractivity contribution in [1.82, 2.24) is 4.90 Å². The van der Waals surface area contributed by atoms with Gasteiger partial charge in [-0.25, -0.2) is 8.42 Å². The van der Waals surface area contributed by atoms with Crippen LogP contribution in [0.3, 0.4) is 0 Å². The first kappa shape index (κ1) is 21.4. The average molecular weight is 395 g/mol. The quantitative estimate of drug-likeness (QED) is 0.752. The third-order valence-electron chi connectivity index (χ3n) is 5.19. The maximum absolute atomic E-state index is 13.0. The van der Waals surface area contributed by atoms with Crippen molar-refractivity contribution >= 4 is 27.3 Å². The average Bonchev–Trinajstić information content (AvgIpc) is 2.95. The van der Waals surface area contributed by atoms with E-state index < -0.39 is 21.2 Å². The second kappa shape index (κ2) is 8.00. The number of hydrogen-bond acceptors (Lipinski definition) is 4. The monoisotopic (exact) mass is 394 g/mol. The fraction of sp³-hybridized carbons (Fsp3) is 0.600. The largest absolute Gasteiger partial charge is 0.338 e. The molecule has 1 fully saturated rings. The van der Waals surface area contributed by atoms with Gasteiger partial charge in [0.15, 0.2) is 9.84 Å². The van der Waals surface area contributed by atoms with E-state index in [4.69, 9.17) is 0 Å². The minimum atomic E-state index is -3.10. The van der Waals surface area contributed by atoms with Crippen LogP contribution in [0, 0.1) is 5.41 Å². The Morgan fingerprint density at radius 3 is 2.26 bits per heavy atom. The van der Waals surface area contributed by atoms with Gasteiger partial charge in [-0.05, 0) is 50.8 Å². The first-order valence-corrected chi connectivity index (χ1v) is 11.2. The molecule has 0 spiro atoms. The van der Waals surface area contributed by atoms with E-state index in [1.54, 1.807) is 13.8 Å². The summed E-state index contributed by atoms with van der Waals surface area (Å²) in [5, 5.41) is 2.81. The Morgan fingerprint density at radius 2 is 1.81 bits per heavy atom. The van der Waals surface area contributed by atoms with Crippen molar-refractivity contribution in [3.63, 3.8) is 0 Å². The molecule has 1 aromatic carbocycles. The van der Waals surface area contributed by atoms with Gasteiger partial charge in [0.25, 0.3) is 0 Å². The number of nitrogens with zero attached hydrogens (tertiary/aromatic N) is 1. The van der Waals surface area contributed by atoms with Gasteiger partial charge in [-0.15, -0.1) is 0 Å². The van der Waals surface area contributed by atoms with Crippen molar-refractivity contribution < 1.29 is 18.0 Å². The van der Waals surface area contributed by atoms with Crippen molar-refractivity contribution in [1.29, 1.82) is 0 Å². The molecule has 0 radical (unpaired) electrons. The number of nitrogens with one attached hydrogen (secondary N) is 1. The lowest BCUT2D eigenvalue weighted by atomic mass is 9.89. The molecule has 0 bridgehead atoms. The van der Waals surface area contributed by atoms with Gasteiger partial charge in [0.1, 0.15) is 5.41 Å². The Labute approximate surface area is 162 Å². The summed E-state index contributed by atoms with van der Waals surface area (Å²) in [5.41, 5.74) is 0.513. The number of benzene rings is 1. The van der Waals surface area contributed by atoms with Gasteiger partial charge >= 0.3 is 0 Å². The normalized spacial score (nSPS) is 19.1. The van der Waals surface area contributed by atoms with Crippen LogP contribution in [0.25, 0.3) is 0 Å². The standard InChI is InChI=1S/C20H30N2O4S/c1-6-22(17-11-12-27(25,26)13-17)19(24)20(4,5)18(23)21-16-9-7-15(8-10-16)14(2)3/h7-10,14,17H,6,11-13H2,1-5H3,(H,21,23). The summed E-state index contributed by atoms with van der Waals surface area (Å²) in [6.45, 7) is 9.54. The van der Waals surface area contributed by atoms with E-state index in [2.05, 4.69) is 19.2 Å². The SMILES string of the molecule is CCN(C(=O)C(C)(C)C(=O)Nc1ccc(C(C)C)cc1)C1CCS(=O)(=O)C1. The number of amides is 2. The summed E-state index contributed by atoms with van der Waals surface area (Å²) in [4.78, 5) is 27.4. The van der Waals surface area contributed by atoms with E-state index in [-0.39, 0.29) is 23.5 Å². The van der Waals surface area contributed by atoms with Gasteiger partial charge < -0.3 is 10.2 Å². The second-order valence-electron chi connectivity index (χ2n) is 8.00. The summed E-state index contributed by atoms with van der Waals surface area (Å²) in [6.07, 6.45) is 0.427. The molecule has 1 unspecified atom stereocenters. The molecule has 0 aliphatic carbocycles. The topological polar surface area (TPSA) is 83.6 Å². The first-order chi connectivity index (χ1) is 12.5. The molecule has 1 N–H and O–H groups in total. The summed E-state index contributed by atoms with van der Waals surface area (Å²) in [5.74, 6) is -0.280. The lowest BCUT2D eigenvalue weighted by molar-refractivity contribution is -0.147. The van der Waals surface area contributed by atoms with Crippen molar-refractivity contribution in [3.05, 3.63) is 29.8 Å². The van der Waals surface area contributed by atoms with Gasteiger partial charge in [0, 0.05) is 18.3 Å². The number of anilines is 1. The highest BCUT2D eigenvalue weighted by Gasteiger charge is 2.43. The molecule has 2 rings (SSSR count). The van der Waals surface area contributed by atoms with Crippen LogP contribution in [-0.2, 0) is 19.4 Å². The van der Waals surface area contributed by atoms with E-state index in [0.717, 1.165) is 0 Å². The third-order valence-corrected chi connectivity index (χ3v) is 6.94. The zero-order chi connectivity index (χ0) is 20.4. The van der Waals surface area contributed by atoms with Crippen LogP contribution < -0.4 is 5.32 Å². The summed E-state index contributed by atoms with van der Waals surface area (Å²) in [6, 6.07) is 7.21. The van der Waals surface area contributed by atoms with Gasteiger partial charge in [-0.2, -0.15) is 0 Å². The molecule has 1 aliphatic rings. The number of sulfone groups is 1. The van der Waals surface area contributed by atoms with Crippen LogP contribution in [-0.4, -0.2) is 49.2 Å². The van der Waals surface area contributed by atoms with Crippen LogP contribution in [0.5, 0.6) is 0 Å². The molecule has 150 valence electrons. The molecule has 1 saturated heterocycles. The Kier molecular flexibility index (Phi) is 6.35. The van der Waals surface area contributed by atoms with E-state index in [0.29, 0.717) is 24.6 Å². The maximum atomic E-state index is 13.0. The number of rotatable bonds is 6. The molecule has 0 aromatic heterocycles. The van der Waals surface area contributed by atoms with Crippen LogP contribution >= 0.6 is 0 Å². The van der Waals surface area contributed by atoms with Gasteiger partial charge in [0.2, 0.25) is 11.8 Å². The van der Waals surface area contributed by atoms with Crippen LogP contribution in [0.1, 0.15) is 52.5 Å². The number of hydrogen-bond donors (Lipinski definition) is 1. The molecule has 1 heterocycles. The van der Waals surface area contributed by atoms with Gasteiger partial charge in [0.05, 0.1) is 11.5 Å². The molecule has 7 heteroatoms. The smallest absolute Gasteiger partial charge is 0.239 e. The number of carbonyl (C=O) groups excluding carboxylic acids is 2. The first-order valence-electron chi connectivity index (χ1n) is 9.41. The van der Waals surface area contributed by atoms with Crippen molar-refractivity contribution in [2.24, 2.45) is 5.41 Å². The maximum Gasteiger partial charge on any atom is 0.239 e. The Bertz CT molecular complexity index is 798. The molecule has 27 heavy (non-hydrogen) atoms.